The van der Waals surface area contributed by atoms with E-state index in [2.05, 4.69) is 29.7 Å². The van der Waals surface area contributed by atoms with Gasteiger partial charge in [-0.2, -0.15) is 0 Å². The van der Waals surface area contributed by atoms with Gasteiger partial charge in [-0.25, -0.2) is 0 Å². The number of aryl methyl sites for hydroxylation is 1. The van der Waals surface area contributed by atoms with E-state index in [1.165, 1.54) is 5.56 Å². The molecule has 0 fully saturated rings. The lowest BCUT2D eigenvalue weighted by Crippen LogP contribution is -2.38. The van der Waals surface area contributed by atoms with Gasteiger partial charge in [0.05, 0.1) is 5.56 Å². The summed E-state index contributed by atoms with van der Waals surface area (Å²) in [4.78, 5) is 11.9. The molecule has 0 spiro atoms. The minimum absolute atomic E-state index is 0. The quantitative estimate of drug-likeness (QED) is 0.521. The zero-order valence-corrected chi connectivity index (χ0v) is 13.6. The van der Waals surface area contributed by atoms with Crippen LogP contribution in [0.5, 0.6) is 0 Å². The Labute approximate surface area is 164 Å². The van der Waals surface area contributed by atoms with Crippen molar-refractivity contribution >= 4 is 11.6 Å². The van der Waals surface area contributed by atoms with Crippen molar-refractivity contribution in [3.05, 3.63) is 102 Å². The molecule has 27 heavy (non-hydrogen) atoms. The summed E-state index contributed by atoms with van der Waals surface area (Å²) >= 11 is 0. The van der Waals surface area contributed by atoms with Crippen LogP contribution in [0.4, 0.5) is 5.69 Å². The zero-order valence-electron chi connectivity index (χ0n) is 13.6. The van der Waals surface area contributed by atoms with Gasteiger partial charge in [-0.15, -0.1) is 0 Å². The molecule has 1 unspecified atom stereocenters. The number of nitrogens with one attached hydrogen (secondary N) is 2. The van der Waals surface area contributed by atoms with E-state index in [9.17, 15) is 4.79 Å². The van der Waals surface area contributed by atoms with Gasteiger partial charge in [-0.1, -0.05) is 101 Å². The van der Waals surface area contributed by atoms with Crippen LogP contribution in [0, 0.1) is 6.92 Å². The monoisotopic (exact) mass is 364 g/mol. The van der Waals surface area contributed by atoms with Gasteiger partial charge in [0.25, 0.3) is 5.91 Å². The highest BCUT2D eigenvalue weighted by Crippen LogP contribution is 2.25. The van der Waals surface area contributed by atoms with E-state index in [0.717, 1.165) is 11.3 Å². The fraction of sp³-hybridized carbons (Fsp3) is 0.208. The van der Waals surface area contributed by atoms with E-state index in [1.807, 2.05) is 72.8 Å². The Morgan fingerprint density at radius 2 is 1.19 bits per heavy atom. The lowest BCUT2D eigenvalue weighted by Gasteiger charge is -2.28. The maximum atomic E-state index is 11.9. The number of carbonyl (C=O) groups excluding carboxylic acids is 1. The van der Waals surface area contributed by atoms with Crippen molar-refractivity contribution in [2.75, 3.05) is 5.32 Å². The lowest BCUT2D eigenvalue weighted by atomic mass is 10.1. The van der Waals surface area contributed by atoms with Gasteiger partial charge in [0, 0.05) is 5.69 Å². The van der Waals surface area contributed by atoms with Crippen LogP contribution in [-0.4, -0.2) is 5.91 Å². The van der Waals surface area contributed by atoms with Crippen molar-refractivity contribution in [1.82, 2.24) is 5.32 Å². The van der Waals surface area contributed by atoms with Crippen LogP contribution < -0.4 is 10.6 Å². The molecule has 2 N–H and O–H groups in total. The normalized spacial score (nSPS) is 13.5. The van der Waals surface area contributed by atoms with Crippen LogP contribution in [0.3, 0.4) is 0 Å². The maximum Gasteiger partial charge on any atom is 0.255 e. The van der Waals surface area contributed by atoms with Gasteiger partial charge in [0.15, 0.2) is 0 Å². The Bertz CT molecular complexity index is 801. The molecule has 3 nitrogen and oxygen atoms in total. The van der Waals surface area contributed by atoms with Crippen molar-refractivity contribution in [3.63, 3.8) is 0 Å². The highest BCUT2D eigenvalue weighted by Gasteiger charge is 2.23. The van der Waals surface area contributed by atoms with Crippen LogP contribution in [0.1, 0.15) is 49.9 Å². The second-order valence-corrected chi connectivity index (χ2v) is 5.66. The summed E-state index contributed by atoms with van der Waals surface area (Å²) in [6, 6.07) is 27.7. The van der Waals surface area contributed by atoms with E-state index in [1.54, 1.807) is 0 Å². The fourth-order valence-corrected chi connectivity index (χ4v) is 2.55. The smallest absolute Gasteiger partial charge is 0.255 e. The third-order valence-electron chi connectivity index (χ3n) is 3.82. The molecule has 1 aliphatic rings. The summed E-state index contributed by atoms with van der Waals surface area (Å²) in [6.45, 7) is 2.08. The highest BCUT2D eigenvalue weighted by atomic mass is 16.2. The Kier molecular flexibility index (Phi) is 10.2. The molecule has 0 saturated heterocycles. The maximum absolute atomic E-state index is 11.9. The SMILES string of the molecule is C.C.C.Cc1ccccc1.O=C1NC(c2ccccc2)Nc2ccccc21. The van der Waals surface area contributed by atoms with Gasteiger partial charge in [-0.05, 0) is 24.6 Å². The van der Waals surface area contributed by atoms with Gasteiger partial charge in [0.1, 0.15) is 6.17 Å². The predicted octanol–water partition coefficient (Wildman–Crippen LogP) is 6.44. The van der Waals surface area contributed by atoms with Gasteiger partial charge in [0.2, 0.25) is 0 Å². The van der Waals surface area contributed by atoms with Crippen LogP contribution in [-0.2, 0) is 0 Å². The topological polar surface area (TPSA) is 41.1 Å². The Morgan fingerprint density at radius 3 is 1.74 bits per heavy atom. The second kappa shape index (κ2) is 11.5. The number of carbonyl (C=O) groups is 1. The first kappa shape index (κ1) is 23.9. The summed E-state index contributed by atoms with van der Waals surface area (Å²) in [5.41, 5.74) is 3.95. The summed E-state index contributed by atoms with van der Waals surface area (Å²) in [5, 5.41) is 6.25. The number of rotatable bonds is 1. The molecular formula is C24H32N2O. The molecule has 3 aromatic rings. The molecule has 1 aliphatic heterocycles. The number of anilines is 1. The number of amides is 1. The standard InChI is InChI=1S/C14H12N2O.C7H8.3CH4/c17-14-11-8-4-5-9-12(11)15-13(16-14)10-6-2-1-3-7-10;1-7-5-3-2-4-6-7;;;/h1-9,13,15H,(H,16,17);2-6H,1H3;3*1H4. The molecule has 0 radical (unpaired) electrons. The minimum atomic E-state index is -0.154. The van der Waals surface area contributed by atoms with Crippen LogP contribution in [0.25, 0.3) is 0 Å². The summed E-state index contributed by atoms with van der Waals surface area (Å²) in [5.74, 6) is -0.0341. The average molecular weight is 365 g/mol. The number of fused-ring (bicyclic) bond motifs is 1. The Hall–Kier alpha value is -3.07. The molecule has 4 rings (SSSR count). The zero-order chi connectivity index (χ0) is 16.8. The summed E-state index contributed by atoms with van der Waals surface area (Å²) in [7, 11) is 0. The van der Waals surface area contributed by atoms with Crippen molar-refractivity contribution in [3.8, 4) is 0 Å². The molecule has 1 amide bonds. The number of hydrogen-bond donors (Lipinski definition) is 2. The predicted molar refractivity (Wildman–Crippen MR) is 118 cm³/mol. The molecule has 1 atom stereocenters. The highest BCUT2D eigenvalue weighted by molar-refractivity contribution is 6.01. The van der Waals surface area contributed by atoms with E-state index < -0.39 is 0 Å². The molecule has 3 aromatic carbocycles. The molecule has 144 valence electrons. The summed E-state index contributed by atoms with van der Waals surface area (Å²) in [6.07, 6.45) is -0.154. The first-order valence-corrected chi connectivity index (χ1v) is 7.97. The third-order valence-corrected chi connectivity index (χ3v) is 3.82. The molecule has 0 aliphatic carbocycles. The largest absolute Gasteiger partial charge is 0.361 e. The van der Waals surface area contributed by atoms with E-state index >= 15 is 0 Å². The number of hydrogen-bond acceptors (Lipinski definition) is 2. The van der Waals surface area contributed by atoms with Crippen molar-refractivity contribution in [1.29, 1.82) is 0 Å². The van der Waals surface area contributed by atoms with Crippen molar-refractivity contribution in [2.24, 2.45) is 0 Å². The first-order chi connectivity index (χ1) is 11.7. The van der Waals surface area contributed by atoms with E-state index in [-0.39, 0.29) is 34.4 Å². The molecule has 1 heterocycles. The molecule has 0 bridgehead atoms. The Morgan fingerprint density at radius 1 is 0.667 bits per heavy atom. The van der Waals surface area contributed by atoms with Crippen LogP contribution in [0.15, 0.2) is 84.9 Å². The Balaban J connectivity index is 0.000000585. The fourth-order valence-electron chi connectivity index (χ4n) is 2.55. The van der Waals surface area contributed by atoms with Gasteiger partial charge < -0.3 is 10.6 Å². The third kappa shape index (κ3) is 6.30. The van der Waals surface area contributed by atoms with E-state index in [0.29, 0.717) is 5.56 Å². The summed E-state index contributed by atoms with van der Waals surface area (Å²) < 4.78 is 0. The number of para-hydroxylation sites is 1. The van der Waals surface area contributed by atoms with Crippen LogP contribution >= 0.6 is 0 Å². The van der Waals surface area contributed by atoms with Crippen molar-refractivity contribution < 1.29 is 4.79 Å². The van der Waals surface area contributed by atoms with E-state index in [4.69, 9.17) is 0 Å². The minimum Gasteiger partial charge on any atom is -0.361 e. The first-order valence-electron chi connectivity index (χ1n) is 7.97. The lowest BCUT2D eigenvalue weighted by molar-refractivity contribution is 0.0935. The second-order valence-electron chi connectivity index (χ2n) is 5.66. The van der Waals surface area contributed by atoms with Gasteiger partial charge >= 0.3 is 0 Å². The molecule has 0 aromatic heterocycles. The van der Waals surface area contributed by atoms with Crippen LogP contribution in [0.2, 0.25) is 0 Å². The van der Waals surface area contributed by atoms with Crippen molar-refractivity contribution in [2.45, 2.75) is 35.4 Å². The number of benzene rings is 3. The molecule has 0 saturated carbocycles. The average Bonchev–Trinajstić information content (AvgIpc) is 2.64. The molecular weight excluding hydrogens is 332 g/mol. The molecule has 3 heteroatoms. The van der Waals surface area contributed by atoms with Gasteiger partial charge in [-0.3, -0.25) is 4.79 Å².